The molecule has 0 heterocycles. The van der Waals surface area contributed by atoms with Crippen molar-refractivity contribution < 1.29 is 14.2 Å². The summed E-state index contributed by atoms with van der Waals surface area (Å²) in [6.07, 6.45) is 0. The molecular weight excluding hydrogens is 324 g/mol. The Morgan fingerprint density at radius 2 is 1.23 bits per heavy atom. The van der Waals surface area contributed by atoms with E-state index in [1.807, 2.05) is 18.2 Å². The van der Waals surface area contributed by atoms with Gasteiger partial charge in [0.05, 0.1) is 0 Å². The quantitative estimate of drug-likeness (QED) is 0.440. The van der Waals surface area contributed by atoms with Gasteiger partial charge in [-0.1, -0.05) is 72.8 Å². The molecule has 130 valence electrons. The summed E-state index contributed by atoms with van der Waals surface area (Å²) < 4.78 is 16.5. The molecule has 4 aromatic carbocycles. The maximum absolute atomic E-state index is 6.01. The molecule has 0 saturated heterocycles. The van der Waals surface area contributed by atoms with Crippen molar-refractivity contribution in [1.29, 1.82) is 0 Å². The van der Waals surface area contributed by atoms with Gasteiger partial charge in [0.15, 0.2) is 0 Å². The Hall–Kier alpha value is -2.88. The molecule has 0 fully saturated rings. The summed E-state index contributed by atoms with van der Waals surface area (Å²) in [4.78, 5) is 0. The van der Waals surface area contributed by atoms with E-state index < -0.39 is 6.48 Å². The van der Waals surface area contributed by atoms with Crippen molar-refractivity contribution in [2.75, 3.05) is 14.2 Å². The van der Waals surface area contributed by atoms with Crippen LogP contribution in [-0.4, -0.2) is 20.7 Å². The van der Waals surface area contributed by atoms with Crippen molar-refractivity contribution in [3.63, 3.8) is 0 Å². The van der Waals surface area contributed by atoms with Crippen molar-refractivity contribution >= 4 is 21.5 Å². The van der Waals surface area contributed by atoms with Crippen LogP contribution in [0.4, 0.5) is 0 Å². The molecule has 4 rings (SSSR count). The highest BCUT2D eigenvalue weighted by molar-refractivity contribution is 6.07. The summed E-state index contributed by atoms with van der Waals surface area (Å²) in [5.41, 5.74) is 2.17. The summed E-state index contributed by atoms with van der Waals surface area (Å²) in [5.74, 6) is 0.730. The molecule has 0 N–H and O–H groups in total. The van der Waals surface area contributed by atoms with Crippen LogP contribution in [0.3, 0.4) is 0 Å². The molecule has 3 nitrogen and oxygen atoms in total. The van der Waals surface area contributed by atoms with Gasteiger partial charge >= 0.3 is 6.48 Å². The van der Waals surface area contributed by atoms with Crippen molar-refractivity contribution in [1.82, 2.24) is 0 Å². The van der Waals surface area contributed by atoms with E-state index in [9.17, 15) is 0 Å². The number of hydrogen-bond acceptors (Lipinski definition) is 3. The molecule has 0 aliphatic rings. The summed E-state index contributed by atoms with van der Waals surface area (Å²) in [6, 6.07) is 27.1. The Kier molecular flexibility index (Phi) is 4.57. The van der Waals surface area contributed by atoms with E-state index in [2.05, 4.69) is 60.7 Å². The molecule has 26 heavy (non-hydrogen) atoms. The molecule has 0 atom stereocenters. The molecule has 0 radical (unpaired) electrons. The second kappa shape index (κ2) is 7.16. The zero-order valence-corrected chi connectivity index (χ0v) is 14.8. The van der Waals surface area contributed by atoms with E-state index in [1.54, 1.807) is 14.2 Å². The molecule has 3 heteroatoms. The van der Waals surface area contributed by atoms with Gasteiger partial charge in [-0.05, 0) is 33.2 Å². The molecule has 0 aliphatic carbocycles. The maximum Gasteiger partial charge on any atom is 0.315 e. The van der Waals surface area contributed by atoms with Crippen molar-refractivity contribution in [3.05, 3.63) is 78.9 Å². The van der Waals surface area contributed by atoms with Gasteiger partial charge in [0.25, 0.3) is 0 Å². The predicted octanol–water partition coefficient (Wildman–Crippen LogP) is 5.62. The Bertz CT molecular complexity index is 1050. The van der Waals surface area contributed by atoms with Crippen molar-refractivity contribution in [3.8, 4) is 16.9 Å². The largest absolute Gasteiger partial charge is 0.441 e. The van der Waals surface area contributed by atoms with E-state index in [-0.39, 0.29) is 0 Å². The lowest BCUT2D eigenvalue weighted by atomic mass is 9.93. The smallest absolute Gasteiger partial charge is 0.315 e. The van der Waals surface area contributed by atoms with Gasteiger partial charge in [-0.15, -0.1) is 0 Å². The van der Waals surface area contributed by atoms with Crippen LogP contribution in [0.15, 0.2) is 78.9 Å². The highest BCUT2D eigenvalue weighted by atomic mass is 16.8. The lowest BCUT2D eigenvalue weighted by Gasteiger charge is -2.20. The number of ether oxygens (including phenoxy) is 3. The standard InChI is InChI=1S/C23H20O3/c1-24-23(25-2)26-21-15-14-17-9-4-6-12-19(17)22(21)20-13-7-10-16-8-3-5-11-18(16)20/h3-15,23H,1-2H3. The van der Waals surface area contributed by atoms with E-state index in [4.69, 9.17) is 14.2 Å². The summed E-state index contributed by atoms with van der Waals surface area (Å²) >= 11 is 0. The highest BCUT2D eigenvalue weighted by Crippen LogP contribution is 2.40. The van der Waals surface area contributed by atoms with Crippen LogP contribution in [0.2, 0.25) is 0 Å². The first-order chi connectivity index (χ1) is 12.8. The number of methoxy groups -OCH3 is 2. The van der Waals surface area contributed by atoms with E-state index >= 15 is 0 Å². The summed E-state index contributed by atoms with van der Waals surface area (Å²) in [5, 5.41) is 4.67. The van der Waals surface area contributed by atoms with Crippen LogP contribution in [0.25, 0.3) is 32.7 Å². The van der Waals surface area contributed by atoms with E-state index in [0.29, 0.717) is 0 Å². The van der Waals surface area contributed by atoms with Crippen LogP contribution in [-0.2, 0) is 9.47 Å². The fraction of sp³-hybridized carbons (Fsp3) is 0.130. The van der Waals surface area contributed by atoms with Crippen LogP contribution in [0, 0.1) is 0 Å². The normalized spacial score (nSPS) is 11.3. The van der Waals surface area contributed by atoms with Crippen molar-refractivity contribution in [2.24, 2.45) is 0 Å². The third-order valence-electron chi connectivity index (χ3n) is 4.56. The van der Waals surface area contributed by atoms with Gasteiger partial charge in [-0.2, -0.15) is 0 Å². The van der Waals surface area contributed by atoms with Crippen molar-refractivity contribution in [2.45, 2.75) is 6.48 Å². The van der Waals surface area contributed by atoms with Crippen LogP contribution in [0.1, 0.15) is 0 Å². The number of rotatable bonds is 5. The van der Waals surface area contributed by atoms with Gasteiger partial charge in [0, 0.05) is 19.8 Å². The van der Waals surface area contributed by atoms with Crippen LogP contribution < -0.4 is 4.74 Å². The highest BCUT2D eigenvalue weighted by Gasteiger charge is 2.17. The molecule has 0 aromatic heterocycles. The fourth-order valence-corrected chi connectivity index (χ4v) is 3.37. The Morgan fingerprint density at radius 3 is 1.96 bits per heavy atom. The van der Waals surface area contributed by atoms with Crippen LogP contribution >= 0.6 is 0 Å². The average Bonchev–Trinajstić information content (AvgIpc) is 2.71. The minimum atomic E-state index is -0.759. The van der Waals surface area contributed by atoms with E-state index in [0.717, 1.165) is 27.6 Å². The lowest BCUT2D eigenvalue weighted by molar-refractivity contribution is -0.218. The number of fused-ring (bicyclic) bond motifs is 2. The molecule has 0 aliphatic heterocycles. The zero-order valence-electron chi connectivity index (χ0n) is 14.8. The molecule has 0 saturated carbocycles. The Morgan fingerprint density at radius 1 is 0.615 bits per heavy atom. The van der Waals surface area contributed by atoms with Gasteiger partial charge in [0.1, 0.15) is 5.75 Å². The topological polar surface area (TPSA) is 27.7 Å². The van der Waals surface area contributed by atoms with Gasteiger partial charge in [0.2, 0.25) is 0 Å². The monoisotopic (exact) mass is 344 g/mol. The lowest BCUT2D eigenvalue weighted by Crippen LogP contribution is -2.21. The molecule has 0 unspecified atom stereocenters. The average molecular weight is 344 g/mol. The van der Waals surface area contributed by atoms with Crippen LogP contribution in [0.5, 0.6) is 5.75 Å². The second-order valence-corrected chi connectivity index (χ2v) is 6.06. The first-order valence-corrected chi connectivity index (χ1v) is 8.54. The Balaban J connectivity index is 2.02. The number of hydrogen-bond donors (Lipinski definition) is 0. The third-order valence-corrected chi connectivity index (χ3v) is 4.56. The van der Waals surface area contributed by atoms with E-state index in [1.165, 1.54) is 10.8 Å². The molecule has 4 aromatic rings. The van der Waals surface area contributed by atoms with Gasteiger partial charge in [-0.25, -0.2) is 0 Å². The summed E-state index contributed by atoms with van der Waals surface area (Å²) in [6.45, 7) is -0.759. The zero-order chi connectivity index (χ0) is 17.9. The fourth-order valence-electron chi connectivity index (χ4n) is 3.37. The molecule has 0 amide bonds. The number of benzene rings is 4. The maximum atomic E-state index is 6.01. The first kappa shape index (κ1) is 16.6. The molecule has 0 spiro atoms. The third kappa shape index (κ3) is 2.92. The SMILES string of the molecule is COC(OC)Oc1ccc2ccccc2c1-c1cccc2ccccc12. The first-order valence-electron chi connectivity index (χ1n) is 8.54. The van der Waals surface area contributed by atoms with Gasteiger partial charge in [-0.3, -0.25) is 0 Å². The molecule has 0 bridgehead atoms. The predicted molar refractivity (Wildman–Crippen MR) is 105 cm³/mol. The Labute approximate surface area is 152 Å². The summed E-state index contributed by atoms with van der Waals surface area (Å²) in [7, 11) is 3.12. The second-order valence-electron chi connectivity index (χ2n) is 6.06. The minimum Gasteiger partial charge on any atom is -0.441 e. The minimum absolute atomic E-state index is 0.730. The van der Waals surface area contributed by atoms with Gasteiger partial charge < -0.3 is 14.2 Å². The molecular formula is C23H20O3.